The minimum Gasteiger partial charge on any atom is -0.478 e. The summed E-state index contributed by atoms with van der Waals surface area (Å²) in [4.78, 5) is 27.6. The summed E-state index contributed by atoms with van der Waals surface area (Å²) >= 11 is 0. The van der Waals surface area contributed by atoms with Crippen LogP contribution >= 0.6 is 0 Å². The highest BCUT2D eigenvalue weighted by molar-refractivity contribution is 5.98. The van der Waals surface area contributed by atoms with E-state index in [9.17, 15) is 9.59 Å². The molecule has 7 nitrogen and oxygen atoms in total. The molecule has 0 aliphatic heterocycles. The van der Waals surface area contributed by atoms with Gasteiger partial charge in [-0.05, 0) is 18.2 Å². The SMILES string of the molecule is Cn1c(CC(=O)N/N=C/c2ccccc2C(=O)O)nc2ccccc21. The number of hydrogen-bond donors (Lipinski definition) is 2. The van der Waals surface area contributed by atoms with Gasteiger partial charge in [-0.2, -0.15) is 5.10 Å². The van der Waals surface area contributed by atoms with Crippen molar-refractivity contribution < 1.29 is 14.7 Å². The number of imidazole rings is 1. The lowest BCUT2D eigenvalue weighted by molar-refractivity contribution is -0.120. The number of para-hydroxylation sites is 2. The van der Waals surface area contributed by atoms with Gasteiger partial charge in [-0.25, -0.2) is 15.2 Å². The molecule has 0 fully saturated rings. The van der Waals surface area contributed by atoms with Gasteiger partial charge < -0.3 is 9.67 Å². The van der Waals surface area contributed by atoms with E-state index in [2.05, 4.69) is 15.5 Å². The van der Waals surface area contributed by atoms with E-state index in [1.165, 1.54) is 12.3 Å². The van der Waals surface area contributed by atoms with Gasteiger partial charge in [-0.1, -0.05) is 30.3 Å². The standard InChI is InChI=1S/C18H16N4O3/c1-22-15-9-5-4-8-14(15)20-16(22)10-17(23)21-19-11-12-6-2-3-7-13(12)18(24)25/h2-9,11H,10H2,1H3,(H,21,23)(H,24,25)/b19-11+. The van der Waals surface area contributed by atoms with Crippen LogP contribution in [0.5, 0.6) is 0 Å². The van der Waals surface area contributed by atoms with E-state index in [1.54, 1.807) is 18.2 Å². The third-order valence-corrected chi connectivity index (χ3v) is 3.78. The number of benzene rings is 2. The first kappa shape index (κ1) is 16.4. The summed E-state index contributed by atoms with van der Waals surface area (Å²) in [5.41, 5.74) is 4.71. The third kappa shape index (κ3) is 3.55. The number of hydrogen-bond acceptors (Lipinski definition) is 4. The predicted octanol–water partition coefficient (Wildman–Crippen LogP) is 1.96. The van der Waals surface area contributed by atoms with E-state index in [-0.39, 0.29) is 17.9 Å². The predicted molar refractivity (Wildman–Crippen MR) is 93.6 cm³/mol. The Morgan fingerprint density at radius 2 is 1.92 bits per heavy atom. The molecule has 1 amide bonds. The van der Waals surface area contributed by atoms with Crippen LogP contribution < -0.4 is 5.43 Å². The van der Waals surface area contributed by atoms with Gasteiger partial charge in [-0.3, -0.25) is 4.79 Å². The second kappa shape index (κ2) is 6.96. The first-order valence-corrected chi connectivity index (χ1v) is 7.61. The highest BCUT2D eigenvalue weighted by Crippen LogP contribution is 2.14. The lowest BCUT2D eigenvalue weighted by Crippen LogP contribution is -2.21. The minimum atomic E-state index is -1.05. The van der Waals surface area contributed by atoms with Gasteiger partial charge in [0, 0.05) is 12.6 Å². The molecular formula is C18H16N4O3. The molecule has 0 spiro atoms. The fourth-order valence-electron chi connectivity index (χ4n) is 2.51. The van der Waals surface area contributed by atoms with Gasteiger partial charge in [-0.15, -0.1) is 0 Å². The summed E-state index contributed by atoms with van der Waals surface area (Å²) in [6, 6.07) is 14.1. The first-order valence-electron chi connectivity index (χ1n) is 7.61. The van der Waals surface area contributed by atoms with E-state index >= 15 is 0 Å². The molecule has 0 saturated carbocycles. The van der Waals surface area contributed by atoms with Crippen molar-refractivity contribution in [1.29, 1.82) is 0 Å². The summed E-state index contributed by atoms with van der Waals surface area (Å²) in [5.74, 6) is -0.754. The van der Waals surface area contributed by atoms with Gasteiger partial charge in [0.25, 0.3) is 0 Å². The number of carboxylic acids is 1. The number of hydrazone groups is 1. The van der Waals surface area contributed by atoms with Gasteiger partial charge in [0.15, 0.2) is 0 Å². The van der Waals surface area contributed by atoms with E-state index < -0.39 is 5.97 Å². The van der Waals surface area contributed by atoms with Crippen LogP contribution in [0.15, 0.2) is 53.6 Å². The van der Waals surface area contributed by atoms with Crippen LogP contribution in [0.3, 0.4) is 0 Å². The lowest BCUT2D eigenvalue weighted by Gasteiger charge is -2.02. The zero-order valence-corrected chi connectivity index (χ0v) is 13.5. The number of nitrogens with zero attached hydrogens (tertiary/aromatic N) is 3. The van der Waals surface area contributed by atoms with Gasteiger partial charge in [0.2, 0.25) is 5.91 Å². The number of aromatic carboxylic acids is 1. The molecule has 0 bridgehead atoms. The molecule has 25 heavy (non-hydrogen) atoms. The van der Waals surface area contributed by atoms with Crippen LogP contribution in [0, 0.1) is 0 Å². The normalized spacial score (nSPS) is 11.1. The highest BCUT2D eigenvalue weighted by Gasteiger charge is 2.11. The van der Waals surface area contributed by atoms with Gasteiger partial charge >= 0.3 is 5.97 Å². The van der Waals surface area contributed by atoms with Crippen molar-refractivity contribution in [3.8, 4) is 0 Å². The van der Waals surface area contributed by atoms with Crippen molar-refractivity contribution in [2.75, 3.05) is 0 Å². The van der Waals surface area contributed by atoms with E-state index in [1.807, 2.05) is 35.9 Å². The second-order valence-corrected chi connectivity index (χ2v) is 5.44. The minimum absolute atomic E-state index is 0.0725. The smallest absolute Gasteiger partial charge is 0.336 e. The summed E-state index contributed by atoms with van der Waals surface area (Å²) in [6.07, 6.45) is 1.39. The number of carboxylic acid groups (broad SMARTS) is 1. The molecule has 3 aromatic rings. The highest BCUT2D eigenvalue weighted by atomic mass is 16.4. The second-order valence-electron chi connectivity index (χ2n) is 5.44. The average molecular weight is 336 g/mol. The number of amides is 1. The van der Waals surface area contributed by atoms with Gasteiger partial charge in [0.1, 0.15) is 5.82 Å². The Bertz CT molecular complexity index is 975. The molecule has 1 aromatic heterocycles. The fraction of sp³-hybridized carbons (Fsp3) is 0.111. The van der Waals surface area contributed by atoms with E-state index in [4.69, 9.17) is 5.11 Å². The van der Waals surface area contributed by atoms with Crippen molar-refractivity contribution >= 4 is 29.1 Å². The number of rotatable bonds is 5. The summed E-state index contributed by atoms with van der Waals surface area (Å²) in [5, 5.41) is 12.9. The number of carbonyl (C=O) groups excluding carboxylic acids is 1. The molecule has 0 aliphatic carbocycles. The Balaban J connectivity index is 1.69. The van der Waals surface area contributed by atoms with Crippen LogP contribution in [0.2, 0.25) is 0 Å². The van der Waals surface area contributed by atoms with Crippen LogP contribution in [0.25, 0.3) is 11.0 Å². The Kier molecular flexibility index (Phi) is 4.56. The largest absolute Gasteiger partial charge is 0.478 e. The maximum atomic E-state index is 12.1. The van der Waals surface area contributed by atoms with Crippen molar-refractivity contribution in [3.05, 3.63) is 65.5 Å². The van der Waals surface area contributed by atoms with Crippen molar-refractivity contribution in [3.63, 3.8) is 0 Å². The van der Waals surface area contributed by atoms with E-state index in [0.717, 1.165) is 11.0 Å². The molecule has 0 aliphatic rings. The van der Waals surface area contributed by atoms with Crippen LogP contribution in [-0.4, -0.2) is 32.7 Å². The topological polar surface area (TPSA) is 96.6 Å². The summed E-state index contributed by atoms with van der Waals surface area (Å²) in [7, 11) is 1.85. The number of carbonyl (C=O) groups is 2. The van der Waals surface area contributed by atoms with Crippen LogP contribution in [-0.2, 0) is 18.3 Å². The van der Waals surface area contributed by atoms with E-state index in [0.29, 0.717) is 11.4 Å². The number of aryl methyl sites for hydroxylation is 1. The molecule has 3 rings (SSSR count). The Morgan fingerprint density at radius 3 is 2.68 bits per heavy atom. The Morgan fingerprint density at radius 1 is 1.20 bits per heavy atom. The molecule has 126 valence electrons. The Labute approximate surface area is 143 Å². The number of aromatic nitrogens is 2. The monoisotopic (exact) mass is 336 g/mol. The van der Waals surface area contributed by atoms with Crippen molar-refractivity contribution in [2.24, 2.45) is 12.1 Å². The molecule has 0 unspecified atom stereocenters. The number of fused-ring (bicyclic) bond motifs is 1. The van der Waals surface area contributed by atoms with Crippen molar-refractivity contribution in [1.82, 2.24) is 15.0 Å². The molecule has 0 saturated heterocycles. The zero-order chi connectivity index (χ0) is 17.8. The average Bonchev–Trinajstić information content (AvgIpc) is 2.91. The van der Waals surface area contributed by atoms with Crippen LogP contribution in [0.1, 0.15) is 21.7 Å². The Hall–Kier alpha value is -3.48. The molecule has 7 heteroatoms. The fourth-order valence-corrected chi connectivity index (χ4v) is 2.51. The number of nitrogens with one attached hydrogen (secondary N) is 1. The quantitative estimate of drug-likeness (QED) is 0.550. The molecule has 2 aromatic carbocycles. The molecular weight excluding hydrogens is 320 g/mol. The third-order valence-electron chi connectivity index (χ3n) is 3.78. The first-order chi connectivity index (χ1) is 12.1. The summed E-state index contributed by atoms with van der Waals surface area (Å²) in [6.45, 7) is 0. The van der Waals surface area contributed by atoms with Crippen LogP contribution in [0.4, 0.5) is 0 Å². The molecule has 0 atom stereocenters. The molecule has 1 heterocycles. The zero-order valence-electron chi connectivity index (χ0n) is 13.5. The van der Waals surface area contributed by atoms with Crippen molar-refractivity contribution in [2.45, 2.75) is 6.42 Å². The molecule has 0 radical (unpaired) electrons. The molecule has 2 N–H and O–H groups in total. The maximum Gasteiger partial charge on any atom is 0.336 e. The summed E-state index contributed by atoms with van der Waals surface area (Å²) < 4.78 is 1.86. The van der Waals surface area contributed by atoms with Gasteiger partial charge in [0.05, 0.1) is 29.2 Å². The lowest BCUT2D eigenvalue weighted by atomic mass is 10.1. The maximum absolute atomic E-state index is 12.1.